The predicted molar refractivity (Wildman–Crippen MR) is 101 cm³/mol. The van der Waals surface area contributed by atoms with Gasteiger partial charge in [-0.05, 0) is 55.7 Å². The van der Waals surface area contributed by atoms with Crippen LogP contribution in [0.3, 0.4) is 0 Å². The summed E-state index contributed by atoms with van der Waals surface area (Å²) in [7, 11) is -3.85. The molecule has 136 valence electrons. The molecule has 1 amide bonds. The molecule has 0 saturated heterocycles. The van der Waals surface area contributed by atoms with Crippen LogP contribution in [0.4, 0.5) is 5.69 Å². The smallest absolute Gasteiger partial charge is 0.238 e. The van der Waals surface area contributed by atoms with Gasteiger partial charge in [0.2, 0.25) is 15.9 Å². The molecule has 26 heavy (non-hydrogen) atoms. The summed E-state index contributed by atoms with van der Waals surface area (Å²) < 4.78 is 28.7. The largest absolute Gasteiger partial charge is 0.464 e. The number of hydrogen-bond acceptors (Lipinski definition) is 4. The minimum Gasteiger partial charge on any atom is -0.464 e. The van der Waals surface area contributed by atoms with E-state index in [-0.39, 0.29) is 17.2 Å². The van der Waals surface area contributed by atoms with Crippen LogP contribution >= 0.6 is 0 Å². The maximum absolute atomic E-state index is 12.5. The highest BCUT2D eigenvalue weighted by molar-refractivity contribution is 7.89. The first-order valence-corrected chi connectivity index (χ1v) is 9.60. The Morgan fingerprint density at radius 3 is 2.58 bits per heavy atom. The molecule has 0 aliphatic carbocycles. The van der Waals surface area contributed by atoms with Gasteiger partial charge in [0.05, 0.1) is 17.6 Å². The van der Waals surface area contributed by atoms with E-state index in [1.165, 1.54) is 12.1 Å². The molecule has 0 bridgehead atoms. The fourth-order valence-corrected chi connectivity index (χ4v) is 3.44. The Morgan fingerprint density at radius 1 is 1.15 bits per heavy atom. The average Bonchev–Trinajstić information content (AvgIpc) is 2.92. The molecule has 0 unspecified atom stereocenters. The van der Waals surface area contributed by atoms with Crippen molar-refractivity contribution in [3.8, 4) is 0 Å². The van der Waals surface area contributed by atoms with Crippen molar-refractivity contribution in [1.29, 1.82) is 0 Å². The maximum atomic E-state index is 12.5. The molecule has 7 heteroatoms. The highest BCUT2D eigenvalue weighted by atomic mass is 32.2. The third kappa shape index (κ3) is 3.63. The second-order valence-electron chi connectivity index (χ2n) is 6.44. The number of carbonyl (C=O) groups excluding carboxylic acids is 1. The fourth-order valence-electron chi connectivity index (χ4n) is 2.82. The van der Waals surface area contributed by atoms with E-state index in [9.17, 15) is 13.2 Å². The van der Waals surface area contributed by atoms with Gasteiger partial charge in [-0.1, -0.05) is 12.1 Å². The molecular weight excluding hydrogens is 352 g/mol. The second kappa shape index (κ2) is 6.59. The number of carbonyl (C=O) groups is 1. The van der Waals surface area contributed by atoms with Crippen molar-refractivity contribution in [2.24, 2.45) is 5.14 Å². The van der Waals surface area contributed by atoms with Crippen molar-refractivity contribution >= 4 is 32.6 Å². The van der Waals surface area contributed by atoms with E-state index in [1.807, 2.05) is 32.0 Å². The Balaban J connectivity index is 1.87. The van der Waals surface area contributed by atoms with Gasteiger partial charge in [-0.2, -0.15) is 0 Å². The van der Waals surface area contributed by atoms with Gasteiger partial charge in [0.15, 0.2) is 0 Å². The van der Waals surface area contributed by atoms with Crippen LogP contribution in [0.15, 0.2) is 45.9 Å². The van der Waals surface area contributed by atoms with Crippen LogP contribution in [0.5, 0.6) is 0 Å². The summed E-state index contributed by atoms with van der Waals surface area (Å²) >= 11 is 0. The number of primary sulfonamides is 1. The number of sulfonamides is 1. The zero-order valence-corrected chi connectivity index (χ0v) is 15.6. The van der Waals surface area contributed by atoms with Gasteiger partial charge in [0.25, 0.3) is 0 Å². The lowest BCUT2D eigenvalue weighted by Gasteiger charge is -2.12. The van der Waals surface area contributed by atoms with Crippen LogP contribution < -0.4 is 10.5 Å². The molecule has 6 nitrogen and oxygen atoms in total. The molecule has 0 aliphatic rings. The van der Waals surface area contributed by atoms with E-state index in [4.69, 9.17) is 9.56 Å². The number of aryl methyl sites for hydroxylation is 2. The van der Waals surface area contributed by atoms with E-state index < -0.39 is 10.0 Å². The number of benzene rings is 2. The molecule has 1 heterocycles. The standard InChI is InChI=1S/C19H20N2O4S/c1-11-4-5-16-14(10-25-18(16)6-11)8-19(22)21-17-9-15(26(20,23)24)7-12(2)13(17)3/h4-7,9-10H,8H2,1-3H3,(H,21,22)(H2,20,23,24). The van der Waals surface area contributed by atoms with E-state index in [0.29, 0.717) is 5.69 Å². The van der Waals surface area contributed by atoms with Gasteiger partial charge in [-0.15, -0.1) is 0 Å². The normalized spacial score (nSPS) is 11.7. The van der Waals surface area contributed by atoms with E-state index in [2.05, 4.69) is 5.32 Å². The van der Waals surface area contributed by atoms with Crippen molar-refractivity contribution in [2.75, 3.05) is 5.32 Å². The molecule has 3 N–H and O–H groups in total. The third-order valence-corrected chi connectivity index (χ3v) is 5.30. The molecule has 2 aromatic carbocycles. The fraction of sp³-hybridized carbons (Fsp3) is 0.211. The molecule has 1 aromatic heterocycles. The molecule has 0 fully saturated rings. The number of hydrogen-bond donors (Lipinski definition) is 2. The van der Waals surface area contributed by atoms with Gasteiger partial charge in [0, 0.05) is 16.6 Å². The number of amides is 1. The quantitative estimate of drug-likeness (QED) is 0.734. The summed E-state index contributed by atoms with van der Waals surface area (Å²) in [6, 6.07) is 8.68. The van der Waals surface area contributed by atoms with Crippen LogP contribution in [0.25, 0.3) is 11.0 Å². The molecule has 0 spiro atoms. The van der Waals surface area contributed by atoms with Gasteiger partial charge in [-0.3, -0.25) is 4.79 Å². The van der Waals surface area contributed by atoms with Gasteiger partial charge >= 0.3 is 0 Å². The molecule has 0 aliphatic heterocycles. The first kappa shape index (κ1) is 18.2. The Labute approximate surface area is 152 Å². The van der Waals surface area contributed by atoms with Crippen molar-refractivity contribution in [3.63, 3.8) is 0 Å². The highest BCUT2D eigenvalue weighted by Crippen LogP contribution is 2.25. The summed E-state index contributed by atoms with van der Waals surface area (Å²) in [6.45, 7) is 5.55. The van der Waals surface area contributed by atoms with Crippen molar-refractivity contribution < 1.29 is 17.6 Å². The lowest BCUT2D eigenvalue weighted by atomic mass is 10.1. The van der Waals surface area contributed by atoms with Crippen molar-refractivity contribution in [1.82, 2.24) is 0 Å². The van der Waals surface area contributed by atoms with E-state index >= 15 is 0 Å². The summed E-state index contributed by atoms with van der Waals surface area (Å²) in [4.78, 5) is 12.5. The number of nitrogens with one attached hydrogen (secondary N) is 1. The minimum atomic E-state index is -3.85. The van der Waals surface area contributed by atoms with Crippen LogP contribution in [0.1, 0.15) is 22.3 Å². The molecule has 3 aromatic rings. The first-order valence-electron chi connectivity index (χ1n) is 8.06. The van der Waals surface area contributed by atoms with E-state index in [0.717, 1.165) is 33.2 Å². The molecule has 0 radical (unpaired) electrons. The topological polar surface area (TPSA) is 102 Å². The van der Waals surface area contributed by atoms with Crippen LogP contribution in [-0.2, 0) is 21.2 Å². The van der Waals surface area contributed by atoms with Gasteiger partial charge in [-0.25, -0.2) is 13.6 Å². The minimum absolute atomic E-state index is 0.0277. The Kier molecular flexibility index (Phi) is 4.60. The lowest BCUT2D eigenvalue weighted by Crippen LogP contribution is -2.17. The summed E-state index contributed by atoms with van der Waals surface area (Å²) in [5, 5.41) is 8.87. The SMILES string of the molecule is Cc1ccc2c(CC(=O)Nc3cc(S(N)(=O)=O)cc(C)c3C)coc2c1. The first-order chi connectivity index (χ1) is 12.1. The number of fused-ring (bicyclic) bond motifs is 1. The Hall–Kier alpha value is -2.64. The Bertz CT molecular complexity index is 1110. The number of rotatable bonds is 4. The van der Waals surface area contributed by atoms with Gasteiger partial charge in [0.1, 0.15) is 5.58 Å². The maximum Gasteiger partial charge on any atom is 0.238 e. The summed E-state index contributed by atoms with van der Waals surface area (Å²) in [6.07, 6.45) is 1.69. The Morgan fingerprint density at radius 2 is 1.88 bits per heavy atom. The molecule has 0 saturated carbocycles. The molecule has 3 rings (SSSR count). The monoisotopic (exact) mass is 372 g/mol. The molecular formula is C19H20N2O4S. The molecule has 0 atom stereocenters. The number of nitrogens with two attached hydrogens (primary N) is 1. The summed E-state index contributed by atoms with van der Waals surface area (Å²) in [5.41, 5.74) is 4.54. The summed E-state index contributed by atoms with van der Waals surface area (Å²) in [5.74, 6) is -0.262. The zero-order valence-electron chi connectivity index (χ0n) is 14.8. The van der Waals surface area contributed by atoms with Gasteiger partial charge < -0.3 is 9.73 Å². The number of anilines is 1. The van der Waals surface area contributed by atoms with Crippen LogP contribution in [0, 0.1) is 20.8 Å². The highest BCUT2D eigenvalue weighted by Gasteiger charge is 2.16. The van der Waals surface area contributed by atoms with Crippen LogP contribution in [0.2, 0.25) is 0 Å². The van der Waals surface area contributed by atoms with Crippen LogP contribution in [-0.4, -0.2) is 14.3 Å². The second-order valence-corrected chi connectivity index (χ2v) is 8.00. The average molecular weight is 372 g/mol. The predicted octanol–water partition coefficient (Wildman–Crippen LogP) is 3.19. The van der Waals surface area contributed by atoms with Crippen molar-refractivity contribution in [3.05, 3.63) is 58.8 Å². The third-order valence-electron chi connectivity index (χ3n) is 4.41. The van der Waals surface area contributed by atoms with Crippen molar-refractivity contribution in [2.45, 2.75) is 32.1 Å². The zero-order chi connectivity index (χ0) is 19.1. The number of furan rings is 1. The lowest BCUT2D eigenvalue weighted by molar-refractivity contribution is -0.115. The van der Waals surface area contributed by atoms with E-state index in [1.54, 1.807) is 13.2 Å².